The monoisotopic (exact) mass is 361 g/mol. The molecule has 1 aromatic heterocycles. The number of aromatic amines is 1. The van der Waals surface area contributed by atoms with Crippen LogP contribution in [0.5, 0.6) is 0 Å². The fourth-order valence-corrected chi connectivity index (χ4v) is 4.03. The van der Waals surface area contributed by atoms with Crippen molar-refractivity contribution < 1.29 is 22.7 Å². The van der Waals surface area contributed by atoms with Gasteiger partial charge in [0, 0.05) is 10.9 Å². The van der Waals surface area contributed by atoms with E-state index in [9.17, 15) is 22.7 Å². The number of aryl methyl sites for hydroxylation is 2. The van der Waals surface area contributed by atoms with Crippen LogP contribution in [-0.2, 0) is 10.0 Å². The first-order valence-corrected chi connectivity index (χ1v) is 8.80. The predicted octanol–water partition coefficient (Wildman–Crippen LogP) is 2.09. The predicted molar refractivity (Wildman–Crippen MR) is 89.3 cm³/mol. The molecule has 2 aromatic carbocycles. The topological polar surface area (TPSA) is 102 Å². The molecule has 25 heavy (non-hydrogen) atoms. The molecule has 0 fully saturated rings. The van der Waals surface area contributed by atoms with Crippen molar-refractivity contribution in [1.82, 2.24) is 4.98 Å². The maximum atomic E-state index is 13.5. The van der Waals surface area contributed by atoms with E-state index in [2.05, 4.69) is 9.71 Å². The third-order valence-electron chi connectivity index (χ3n) is 3.82. The summed E-state index contributed by atoms with van der Waals surface area (Å²) in [7, 11) is -4.07. The Hall–Kier alpha value is -2.87. The second kappa shape index (κ2) is 5.89. The van der Waals surface area contributed by atoms with Crippen LogP contribution in [0.15, 0.2) is 41.3 Å². The summed E-state index contributed by atoms with van der Waals surface area (Å²) in [6.45, 7) is 3.46. The van der Waals surface area contributed by atoms with Crippen LogP contribution in [0.2, 0.25) is 0 Å². The van der Waals surface area contributed by atoms with Gasteiger partial charge in [-0.25, -0.2) is 12.8 Å². The van der Waals surface area contributed by atoms with Crippen LogP contribution in [0.4, 0.5) is 10.1 Å². The minimum Gasteiger partial charge on any atom is -0.543 e. The van der Waals surface area contributed by atoms with Gasteiger partial charge in [0.05, 0.1) is 22.2 Å². The molecular formula is C17H14FN2O4S-. The van der Waals surface area contributed by atoms with Crippen LogP contribution < -0.4 is 9.83 Å². The van der Waals surface area contributed by atoms with Gasteiger partial charge in [-0.05, 0) is 43.7 Å². The van der Waals surface area contributed by atoms with E-state index in [4.69, 9.17) is 0 Å². The van der Waals surface area contributed by atoms with Crippen molar-refractivity contribution in [2.24, 2.45) is 0 Å². The van der Waals surface area contributed by atoms with Crippen molar-refractivity contribution >= 4 is 32.6 Å². The van der Waals surface area contributed by atoms with E-state index in [0.717, 1.165) is 17.7 Å². The Kier molecular flexibility index (Phi) is 4.00. The summed E-state index contributed by atoms with van der Waals surface area (Å²) in [5, 5.41) is 11.4. The first-order valence-electron chi connectivity index (χ1n) is 7.31. The van der Waals surface area contributed by atoms with Gasteiger partial charge in [0.25, 0.3) is 10.0 Å². The molecule has 3 aromatic rings. The standard InChI is InChI=1S/C17H15FN2O4S/c1-9-3-6-14(10(2)7-9)25(23,24)20-15-12-8-11(18)4-5-13(12)19-16(15)17(21)22/h3-8,19-20H,1-2H3,(H,21,22)/p-1. The molecule has 130 valence electrons. The summed E-state index contributed by atoms with van der Waals surface area (Å²) < 4.78 is 41.2. The van der Waals surface area contributed by atoms with E-state index < -0.39 is 27.5 Å². The molecule has 0 saturated carbocycles. The van der Waals surface area contributed by atoms with E-state index in [1.807, 2.05) is 6.92 Å². The zero-order valence-corrected chi connectivity index (χ0v) is 14.2. The zero-order valence-electron chi connectivity index (χ0n) is 13.4. The van der Waals surface area contributed by atoms with E-state index in [0.29, 0.717) is 5.56 Å². The number of hydrogen-bond donors (Lipinski definition) is 2. The average molecular weight is 361 g/mol. The molecule has 0 bridgehead atoms. The number of anilines is 1. The number of fused-ring (bicyclic) bond motifs is 1. The first kappa shape index (κ1) is 17.0. The number of halogens is 1. The average Bonchev–Trinajstić information content (AvgIpc) is 2.84. The van der Waals surface area contributed by atoms with E-state index in [1.54, 1.807) is 19.1 Å². The number of sulfonamides is 1. The maximum absolute atomic E-state index is 13.5. The van der Waals surface area contributed by atoms with E-state index in [-0.39, 0.29) is 21.5 Å². The lowest BCUT2D eigenvalue weighted by Gasteiger charge is -2.12. The molecule has 0 aliphatic carbocycles. The van der Waals surface area contributed by atoms with Crippen molar-refractivity contribution in [1.29, 1.82) is 0 Å². The summed E-state index contributed by atoms with van der Waals surface area (Å²) in [5.74, 6) is -2.22. The van der Waals surface area contributed by atoms with Crippen LogP contribution in [0.25, 0.3) is 10.9 Å². The molecule has 0 amide bonds. The van der Waals surface area contributed by atoms with Gasteiger partial charge in [0.1, 0.15) is 5.82 Å². The second-order valence-corrected chi connectivity index (χ2v) is 7.38. The van der Waals surface area contributed by atoms with Crippen LogP contribution in [0.3, 0.4) is 0 Å². The Bertz CT molecular complexity index is 1100. The number of carbonyl (C=O) groups is 1. The zero-order chi connectivity index (χ0) is 18.4. The number of carboxylic acids is 1. The van der Waals surface area contributed by atoms with Gasteiger partial charge in [-0.1, -0.05) is 17.7 Å². The van der Waals surface area contributed by atoms with Crippen LogP contribution in [0.1, 0.15) is 21.6 Å². The number of hydrogen-bond acceptors (Lipinski definition) is 4. The number of nitrogens with one attached hydrogen (secondary N) is 2. The lowest BCUT2D eigenvalue weighted by Crippen LogP contribution is -2.25. The van der Waals surface area contributed by atoms with E-state index in [1.165, 1.54) is 12.1 Å². The fourth-order valence-electron chi connectivity index (χ4n) is 2.71. The van der Waals surface area contributed by atoms with Gasteiger partial charge >= 0.3 is 0 Å². The summed E-state index contributed by atoms with van der Waals surface area (Å²) in [5.41, 5.74) is 0.955. The smallest absolute Gasteiger partial charge is 0.262 e. The van der Waals surface area contributed by atoms with E-state index >= 15 is 0 Å². The lowest BCUT2D eigenvalue weighted by atomic mass is 10.2. The molecule has 0 saturated heterocycles. The molecule has 0 aliphatic rings. The van der Waals surface area contributed by atoms with Gasteiger partial charge in [0.15, 0.2) is 0 Å². The highest BCUT2D eigenvalue weighted by atomic mass is 32.2. The minimum atomic E-state index is -4.07. The summed E-state index contributed by atoms with van der Waals surface area (Å²) in [4.78, 5) is 13.9. The van der Waals surface area contributed by atoms with Gasteiger partial charge < -0.3 is 14.9 Å². The van der Waals surface area contributed by atoms with Gasteiger partial charge in [-0.2, -0.15) is 0 Å². The molecule has 0 unspecified atom stereocenters. The Morgan fingerprint density at radius 2 is 1.88 bits per heavy atom. The van der Waals surface area contributed by atoms with Gasteiger partial charge in [-0.3, -0.25) is 4.72 Å². The van der Waals surface area contributed by atoms with Crippen LogP contribution in [-0.4, -0.2) is 19.4 Å². The van der Waals surface area contributed by atoms with Gasteiger partial charge in [0.2, 0.25) is 0 Å². The third kappa shape index (κ3) is 3.08. The van der Waals surface area contributed by atoms with Gasteiger partial charge in [-0.15, -0.1) is 0 Å². The molecule has 1 heterocycles. The van der Waals surface area contributed by atoms with Crippen molar-refractivity contribution in [3.63, 3.8) is 0 Å². The molecule has 0 radical (unpaired) electrons. The molecule has 3 rings (SSSR count). The Morgan fingerprint density at radius 1 is 1.16 bits per heavy atom. The number of carboxylic acid groups (broad SMARTS) is 1. The van der Waals surface area contributed by atoms with Crippen molar-refractivity contribution in [3.05, 3.63) is 59.0 Å². The number of benzene rings is 2. The third-order valence-corrected chi connectivity index (χ3v) is 5.33. The highest BCUT2D eigenvalue weighted by Gasteiger charge is 2.22. The minimum absolute atomic E-state index is 0.00755. The highest BCUT2D eigenvalue weighted by molar-refractivity contribution is 7.92. The first-order chi connectivity index (χ1) is 11.7. The molecule has 0 aliphatic heterocycles. The number of aromatic nitrogens is 1. The summed E-state index contributed by atoms with van der Waals surface area (Å²) >= 11 is 0. The summed E-state index contributed by atoms with van der Waals surface area (Å²) in [6, 6.07) is 8.28. The Labute approximate surface area is 143 Å². The summed E-state index contributed by atoms with van der Waals surface area (Å²) in [6.07, 6.45) is 0. The molecule has 0 atom stereocenters. The molecular weight excluding hydrogens is 347 g/mol. The number of aromatic carboxylic acids is 1. The van der Waals surface area contributed by atoms with Crippen molar-refractivity contribution in [2.75, 3.05) is 4.72 Å². The Balaban J connectivity index is 2.17. The van der Waals surface area contributed by atoms with Crippen LogP contribution >= 0.6 is 0 Å². The molecule has 0 spiro atoms. The fraction of sp³-hybridized carbons (Fsp3) is 0.118. The second-order valence-electron chi connectivity index (χ2n) is 5.73. The van der Waals surface area contributed by atoms with Crippen molar-refractivity contribution in [2.45, 2.75) is 18.7 Å². The number of carbonyl (C=O) groups excluding carboxylic acids is 1. The Morgan fingerprint density at radius 3 is 2.52 bits per heavy atom. The largest absolute Gasteiger partial charge is 0.543 e. The molecule has 2 N–H and O–H groups in total. The number of H-pyrrole nitrogens is 1. The molecule has 8 heteroatoms. The lowest BCUT2D eigenvalue weighted by molar-refractivity contribution is -0.255. The highest BCUT2D eigenvalue weighted by Crippen LogP contribution is 2.31. The van der Waals surface area contributed by atoms with Crippen LogP contribution in [0, 0.1) is 19.7 Å². The SMILES string of the molecule is Cc1ccc(S(=O)(=O)Nc2c(C(=O)[O-])[nH]c3ccc(F)cc23)c(C)c1. The number of rotatable bonds is 4. The maximum Gasteiger partial charge on any atom is 0.262 e. The quantitative estimate of drug-likeness (QED) is 0.743. The normalized spacial score (nSPS) is 11.6. The molecule has 6 nitrogen and oxygen atoms in total. The van der Waals surface area contributed by atoms with Crippen molar-refractivity contribution in [3.8, 4) is 0 Å².